The number of anilines is 1. The fourth-order valence-electron chi connectivity index (χ4n) is 2.38. The third kappa shape index (κ3) is 4.60. The van der Waals surface area contributed by atoms with E-state index in [2.05, 4.69) is 10.6 Å². The smallest absolute Gasteiger partial charge is 0.291 e. The average Bonchev–Trinajstić information content (AvgIpc) is 3.21. The normalized spacial score (nSPS) is 10.2. The molecule has 7 heteroatoms. The van der Waals surface area contributed by atoms with Crippen LogP contribution in [0.15, 0.2) is 71.3 Å². The van der Waals surface area contributed by atoms with Crippen molar-refractivity contribution in [3.63, 3.8) is 0 Å². The largest absolute Gasteiger partial charge is 0.545 e. The van der Waals surface area contributed by atoms with Crippen molar-refractivity contribution in [3.8, 4) is 0 Å². The van der Waals surface area contributed by atoms with Gasteiger partial charge in [0.25, 0.3) is 11.8 Å². The highest BCUT2D eigenvalue weighted by molar-refractivity contribution is 6.03. The lowest BCUT2D eigenvalue weighted by Crippen LogP contribution is -2.24. The number of aromatic carboxylic acids is 1. The van der Waals surface area contributed by atoms with E-state index in [-0.39, 0.29) is 23.8 Å². The second-order valence-corrected chi connectivity index (χ2v) is 5.68. The van der Waals surface area contributed by atoms with Crippen molar-refractivity contribution in [2.45, 2.75) is 6.54 Å². The van der Waals surface area contributed by atoms with Gasteiger partial charge in [-0.05, 0) is 41.5 Å². The summed E-state index contributed by atoms with van der Waals surface area (Å²) in [5.41, 5.74) is 1.65. The first-order valence-corrected chi connectivity index (χ1v) is 8.06. The summed E-state index contributed by atoms with van der Waals surface area (Å²) in [6.45, 7) is 0.231. The SMILES string of the molecule is O=C([O-])c1ccc(CNC(=O)c2cccc(NC(=O)c3ccco3)c2)cc1. The Bertz CT molecular complexity index is 962. The van der Waals surface area contributed by atoms with E-state index < -0.39 is 11.9 Å². The molecule has 136 valence electrons. The quantitative estimate of drug-likeness (QED) is 0.694. The first-order valence-electron chi connectivity index (χ1n) is 8.06. The zero-order valence-electron chi connectivity index (χ0n) is 14.1. The molecule has 2 amide bonds. The molecule has 7 nitrogen and oxygen atoms in total. The average molecular weight is 363 g/mol. The van der Waals surface area contributed by atoms with Gasteiger partial charge in [-0.25, -0.2) is 0 Å². The second-order valence-electron chi connectivity index (χ2n) is 5.68. The van der Waals surface area contributed by atoms with Gasteiger partial charge in [0, 0.05) is 17.8 Å². The van der Waals surface area contributed by atoms with Gasteiger partial charge in [-0.1, -0.05) is 30.3 Å². The summed E-state index contributed by atoms with van der Waals surface area (Å²) in [6.07, 6.45) is 1.40. The lowest BCUT2D eigenvalue weighted by molar-refractivity contribution is -0.255. The lowest BCUT2D eigenvalue weighted by atomic mass is 10.1. The monoisotopic (exact) mass is 363 g/mol. The highest BCUT2D eigenvalue weighted by atomic mass is 16.4. The minimum atomic E-state index is -1.25. The molecule has 0 bridgehead atoms. The number of hydrogen-bond acceptors (Lipinski definition) is 5. The van der Waals surface area contributed by atoms with Crippen LogP contribution in [0, 0.1) is 0 Å². The zero-order chi connectivity index (χ0) is 19.2. The van der Waals surface area contributed by atoms with Crippen molar-refractivity contribution in [2.24, 2.45) is 0 Å². The van der Waals surface area contributed by atoms with E-state index in [1.54, 1.807) is 42.5 Å². The zero-order valence-corrected chi connectivity index (χ0v) is 14.1. The highest BCUT2D eigenvalue weighted by Crippen LogP contribution is 2.13. The second kappa shape index (κ2) is 8.01. The van der Waals surface area contributed by atoms with Crippen LogP contribution in [0.25, 0.3) is 0 Å². The minimum Gasteiger partial charge on any atom is -0.545 e. The van der Waals surface area contributed by atoms with Crippen LogP contribution in [0.4, 0.5) is 5.69 Å². The number of carbonyl (C=O) groups is 3. The molecule has 0 aliphatic rings. The van der Waals surface area contributed by atoms with Gasteiger partial charge in [0.05, 0.1) is 12.2 Å². The summed E-state index contributed by atoms with van der Waals surface area (Å²) < 4.78 is 5.02. The number of rotatable bonds is 6. The minimum absolute atomic E-state index is 0.0741. The van der Waals surface area contributed by atoms with Crippen molar-refractivity contribution in [3.05, 3.63) is 89.4 Å². The molecule has 1 aromatic heterocycles. The Morgan fingerprint density at radius 1 is 0.889 bits per heavy atom. The van der Waals surface area contributed by atoms with Crippen molar-refractivity contribution >= 4 is 23.5 Å². The van der Waals surface area contributed by atoms with Gasteiger partial charge in [0.15, 0.2) is 5.76 Å². The number of benzene rings is 2. The standard InChI is InChI=1S/C20H16N2O5/c23-18(21-12-13-6-8-14(9-7-13)20(25)26)15-3-1-4-16(11-15)22-19(24)17-5-2-10-27-17/h1-11H,12H2,(H,21,23)(H,22,24)(H,25,26)/p-1. The molecular weight excluding hydrogens is 348 g/mol. The van der Waals surface area contributed by atoms with Crippen LogP contribution in [0.3, 0.4) is 0 Å². The summed E-state index contributed by atoms with van der Waals surface area (Å²) >= 11 is 0. The molecule has 0 fully saturated rings. The van der Waals surface area contributed by atoms with E-state index in [0.29, 0.717) is 11.3 Å². The van der Waals surface area contributed by atoms with Crippen molar-refractivity contribution in [1.82, 2.24) is 5.32 Å². The van der Waals surface area contributed by atoms with Gasteiger partial charge in [0.2, 0.25) is 0 Å². The lowest BCUT2D eigenvalue weighted by Gasteiger charge is -2.09. The molecule has 0 saturated heterocycles. The fourth-order valence-corrected chi connectivity index (χ4v) is 2.38. The van der Waals surface area contributed by atoms with Gasteiger partial charge in [-0.3, -0.25) is 9.59 Å². The van der Waals surface area contributed by atoms with Crippen LogP contribution in [0.2, 0.25) is 0 Å². The van der Waals surface area contributed by atoms with Crippen molar-refractivity contribution < 1.29 is 23.9 Å². The number of carboxylic acids is 1. The van der Waals surface area contributed by atoms with E-state index >= 15 is 0 Å². The van der Waals surface area contributed by atoms with E-state index in [4.69, 9.17) is 4.42 Å². The highest BCUT2D eigenvalue weighted by Gasteiger charge is 2.11. The van der Waals surface area contributed by atoms with Gasteiger partial charge < -0.3 is 25.0 Å². The number of furan rings is 1. The Balaban J connectivity index is 1.61. The van der Waals surface area contributed by atoms with Crippen LogP contribution in [0.1, 0.15) is 36.8 Å². The number of carboxylic acid groups (broad SMARTS) is 1. The summed E-state index contributed by atoms with van der Waals surface area (Å²) in [6, 6.07) is 15.7. The molecule has 0 aliphatic heterocycles. The Kier molecular flexibility index (Phi) is 5.32. The van der Waals surface area contributed by atoms with Crippen LogP contribution in [-0.2, 0) is 6.54 Å². The Morgan fingerprint density at radius 2 is 1.67 bits per heavy atom. The summed E-state index contributed by atoms with van der Waals surface area (Å²) in [4.78, 5) is 35.0. The van der Waals surface area contributed by atoms with Crippen LogP contribution in [0.5, 0.6) is 0 Å². The van der Waals surface area contributed by atoms with Gasteiger partial charge in [-0.15, -0.1) is 0 Å². The molecule has 0 spiro atoms. The maximum absolute atomic E-state index is 12.3. The molecule has 3 rings (SSSR count). The predicted octanol–water partition coefficient (Wildman–Crippen LogP) is 1.83. The number of nitrogens with one attached hydrogen (secondary N) is 2. The summed E-state index contributed by atoms with van der Waals surface area (Å²) in [5, 5.41) is 16.1. The molecular formula is C20H15N2O5-. The molecule has 3 aromatic rings. The Hall–Kier alpha value is -3.87. The first kappa shape index (κ1) is 17.9. The number of hydrogen-bond donors (Lipinski definition) is 2. The van der Waals surface area contributed by atoms with Crippen molar-refractivity contribution in [1.29, 1.82) is 0 Å². The third-order valence-corrected chi connectivity index (χ3v) is 3.77. The van der Waals surface area contributed by atoms with E-state index in [1.165, 1.54) is 24.5 Å². The van der Waals surface area contributed by atoms with Crippen LogP contribution < -0.4 is 15.7 Å². The molecule has 27 heavy (non-hydrogen) atoms. The fraction of sp³-hybridized carbons (Fsp3) is 0.0500. The molecule has 0 aliphatic carbocycles. The van der Waals surface area contributed by atoms with Gasteiger partial charge >= 0.3 is 0 Å². The molecule has 1 heterocycles. The van der Waals surface area contributed by atoms with Crippen LogP contribution in [-0.4, -0.2) is 17.8 Å². The topological polar surface area (TPSA) is 111 Å². The maximum Gasteiger partial charge on any atom is 0.291 e. The summed E-state index contributed by atoms with van der Waals surface area (Å²) in [5.74, 6) is -1.82. The predicted molar refractivity (Wildman–Crippen MR) is 95.0 cm³/mol. The maximum atomic E-state index is 12.3. The number of carbonyl (C=O) groups excluding carboxylic acids is 3. The van der Waals surface area contributed by atoms with Crippen LogP contribution >= 0.6 is 0 Å². The van der Waals surface area contributed by atoms with Gasteiger partial charge in [0.1, 0.15) is 0 Å². The van der Waals surface area contributed by atoms with Crippen molar-refractivity contribution in [2.75, 3.05) is 5.32 Å². The molecule has 0 radical (unpaired) electrons. The van der Waals surface area contributed by atoms with E-state index in [9.17, 15) is 19.5 Å². The summed E-state index contributed by atoms with van der Waals surface area (Å²) in [7, 11) is 0. The molecule has 0 saturated carbocycles. The number of amides is 2. The molecule has 0 atom stereocenters. The Morgan fingerprint density at radius 3 is 2.33 bits per heavy atom. The Labute approximate surface area is 154 Å². The van der Waals surface area contributed by atoms with E-state index in [0.717, 1.165) is 5.56 Å². The van der Waals surface area contributed by atoms with E-state index in [1.807, 2.05) is 0 Å². The molecule has 2 N–H and O–H groups in total. The van der Waals surface area contributed by atoms with Gasteiger partial charge in [-0.2, -0.15) is 0 Å². The third-order valence-electron chi connectivity index (χ3n) is 3.77. The first-order chi connectivity index (χ1) is 13.0. The molecule has 0 unspecified atom stereocenters. The molecule has 2 aromatic carbocycles.